The van der Waals surface area contributed by atoms with Crippen molar-refractivity contribution >= 4 is 15.9 Å². The lowest BCUT2D eigenvalue weighted by Crippen LogP contribution is -2.49. The summed E-state index contributed by atoms with van der Waals surface area (Å²) in [6, 6.07) is 0.339. The maximum Gasteiger partial charge on any atom is 0.240 e. The van der Waals surface area contributed by atoms with Crippen molar-refractivity contribution in [3.63, 3.8) is 0 Å². The van der Waals surface area contributed by atoms with Gasteiger partial charge in [-0.1, -0.05) is 0 Å². The van der Waals surface area contributed by atoms with Crippen molar-refractivity contribution < 1.29 is 17.6 Å². The molecule has 0 aromatic carbocycles. The molecular formula is C16H27FN4O3S. The molecule has 2 saturated heterocycles. The molecule has 7 nitrogen and oxygen atoms in total. The number of carbonyl (C=O) groups is 1. The normalized spacial score (nSPS) is 29.6. The largest absolute Gasteiger partial charge is 0.322 e. The first kappa shape index (κ1) is 20.1. The monoisotopic (exact) mass is 374 g/mol. The zero-order chi connectivity index (χ0) is 18.8. The number of sulfonamides is 1. The van der Waals surface area contributed by atoms with Gasteiger partial charge in [0, 0.05) is 19.5 Å². The van der Waals surface area contributed by atoms with Gasteiger partial charge in [0.15, 0.2) is 0 Å². The molecule has 0 aromatic rings. The van der Waals surface area contributed by atoms with Gasteiger partial charge in [-0.2, -0.15) is 5.26 Å². The van der Waals surface area contributed by atoms with E-state index in [9.17, 15) is 17.6 Å². The maximum atomic E-state index is 13.5. The molecule has 2 aliphatic rings. The van der Waals surface area contributed by atoms with Crippen LogP contribution in [-0.2, 0) is 14.8 Å². The molecule has 2 N–H and O–H groups in total. The summed E-state index contributed by atoms with van der Waals surface area (Å²) in [6.07, 6.45) is 0.711. The summed E-state index contributed by atoms with van der Waals surface area (Å²) < 4.78 is 39.6. The van der Waals surface area contributed by atoms with Crippen LogP contribution in [0.25, 0.3) is 0 Å². The maximum absolute atomic E-state index is 13.5. The van der Waals surface area contributed by atoms with Crippen LogP contribution in [0.1, 0.15) is 39.5 Å². The molecular weight excluding hydrogens is 347 g/mol. The Morgan fingerprint density at radius 3 is 2.68 bits per heavy atom. The summed E-state index contributed by atoms with van der Waals surface area (Å²) in [7, 11) is -3.32. The van der Waals surface area contributed by atoms with Gasteiger partial charge >= 0.3 is 0 Å². The SMILES string of the molecule is CC(C)S(=O)(=O)N1CCCC(C[C@H](N)C(=O)N2C[C@@H](F)C[C@H]2C#N)C1. The summed E-state index contributed by atoms with van der Waals surface area (Å²) in [6.45, 7) is 4.05. The number of piperidine rings is 1. The van der Waals surface area contributed by atoms with Crippen LogP contribution in [0.15, 0.2) is 0 Å². The van der Waals surface area contributed by atoms with E-state index in [-0.39, 0.29) is 18.9 Å². The summed E-state index contributed by atoms with van der Waals surface area (Å²) in [5.41, 5.74) is 6.01. The zero-order valence-electron chi connectivity index (χ0n) is 14.8. The molecule has 2 fully saturated rings. The fraction of sp³-hybridized carbons (Fsp3) is 0.875. The Hall–Kier alpha value is -1.24. The number of likely N-dealkylation sites (tertiary alicyclic amines) is 1. The highest BCUT2D eigenvalue weighted by atomic mass is 32.2. The average molecular weight is 374 g/mol. The molecule has 1 unspecified atom stereocenters. The highest BCUT2D eigenvalue weighted by Crippen LogP contribution is 2.26. The highest BCUT2D eigenvalue weighted by molar-refractivity contribution is 7.89. The number of hydrogen-bond donors (Lipinski definition) is 1. The van der Waals surface area contributed by atoms with E-state index in [2.05, 4.69) is 0 Å². The van der Waals surface area contributed by atoms with Gasteiger partial charge in [0.2, 0.25) is 15.9 Å². The smallest absolute Gasteiger partial charge is 0.240 e. The second-order valence-corrected chi connectivity index (χ2v) is 9.76. The minimum absolute atomic E-state index is 0.00876. The minimum atomic E-state index is -3.32. The van der Waals surface area contributed by atoms with Crippen molar-refractivity contribution in [2.75, 3.05) is 19.6 Å². The van der Waals surface area contributed by atoms with Gasteiger partial charge in [0.1, 0.15) is 12.2 Å². The number of hydrogen-bond acceptors (Lipinski definition) is 5. The molecule has 142 valence electrons. The van der Waals surface area contributed by atoms with Crippen LogP contribution >= 0.6 is 0 Å². The third-order valence-electron chi connectivity index (χ3n) is 5.02. The van der Waals surface area contributed by atoms with E-state index < -0.39 is 39.4 Å². The standard InChI is InChI=1S/C16H27FN4O3S/c1-11(2)25(23,24)20-5-3-4-12(9-20)6-15(19)16(22)21-10-13(17)7-14(21)8-18/h11-15H,3-7,9-10,19H2,1-2H3/t12?,13-,14-,15-/m0/s1. The van der Waals surface area contributed by atoms with E-state index in [1.54, 1.807) is 13.8 Å². The minimum Gasteiger partial charge on any atom is -0.322 e. The summed E-state index contributed by atoms with van der Waals surface area (Å²) in [5, 5.41) is 8.58. The predicted octanol–water partition coefficient (Wildman–Crippen LogP) is 0.617. The third-order valence-corrected chi connectivity index (χ3v) is 7.27. The number of halogens is 1. The number of rotatable bonds is 5. The Bertz CT molecular complexity index is 634. The van der Waals surface area contributed by atoms with E-state index >= 15 is 0 Å². The molecule has 9 heteroatoms. The van der Waals surface area contributed by atoms with Gasteiger partial charge in [0.25, 0.3) is 0 Å². The van der Waals surface area contributed by atoms with Crippen molar-refractivity contribution in [3.8, 4) is 6.07 Å². The number of carbonyl (C=O) groups excluding carboxylic acids is 1. The lowest BCUT2D eigenvalue weighted by Gasteiger charge is -2.34. The van der Waals surface area contributed by atoms with Crippen molar-refractivity contribution in [1.82, 2.24) is 9.21 Å². The van der Waals surface area contributed by atoms with Gasteiger partial charge in [-0.3, -0.25) is 4.79 Å². The topological polar surface area (TPSA) is 108 Å². The first-order valence-electron chi connectivity index (χ1n) is 8.75. The van der Waals surface area contributed by atoms with Crippen LogP contribution < -0.4 is 5.73 Å². The van der Waals surface area contributed by atoms with Crippen LogP contribution in [0.5, 0.6) is 0 Å². The van der Waals surface area contributed by atoms with E-state index in [4.69, 9.17) is 11.0 Å². The molecule has 2 aliphatic heterocycles. The molecule has 0 radical (unpaired) electrons. The second kappa shape index (κ2) is 7.98. The van der Waals surface area contributed by atoms with Crippen molar-refractivity contribution in [3.05, 3.63) is 0 Å². The first-order valence-corrected chi connectivity index (χ1v) is 10.3. The van der Waals surface area contributed by atoms with Gasteiger partial charge in [-0.15, -0.1) is 0 Å². The van der Waals surface area contributed by atoms with Crippen LogP contribution in [-0.4, -0.2) is 66.7 Å². The molecule has 2 rings (SSSR count). The zero-order valence-corrected chi connectivity index (χ0v) is 15.6. The number of nitriles is 1. The molecule has 0 saturated carbocycles. The van der Waals surface area contributed by atoms with E-state index in [0.29, 0.717) is 19.5 Å². The summed E-state index contributed by atoms with van der Waals surface area (Å²) >= 11 is 0. The van der Waals surface area contributed by atoms with Gasteiger partial charge in [-0.25, -0.2) is 17.1 Å². The molecule has 4 atom stereocenters. The van der Waals surface area contributed by atoms with E-state index in [1.165, 1.54) is 9.21 Å². The quantitative estimate of drug-likeness (QED) is 0.759. The second-order valence-electron chi connectivity index (χ2n) is 7.27. The van der Waals surface area contributed by atoms with Gasteiger partial charge in [-0.05, 0) is 39.0 Å². The molecule has 25 heavy (non-hydrogen) atoms. The van der Waals surface area contributed by atoms with Crippen molar-refractivity contribution in [2.45, 2.75) is 63.0 Å². The highest BCUT2D eigenvalue weighted by Gasteiger charge is 2.38. The summed E-state index contributed by atoms with van der Waals surface area (Å²) in [5.74, 6) is -0.430. The van der Waals surface area contributed by atoms with Crippen LogP contribution in [0.3, 0.4) is 0 Å². The number of nitrogens with two attached hydrogens (primary N) is 1. The van der Waals surface area contributed by atoms with Gasteiger partial charge < -0.3 is 10.6 Å². The van der Waals surface area contributed by atoms with E-state index in [1.807, 2.05) is 6.07 Å². The van der Waals surface area contributed by atoms with Crippen LogP contribution in [0, 0.1) is 17.2 Å². The molecule has 0 aromatic heterocycles. The number of amides is 1. The fourth-order valence-corrected chi connectivity index (χ4v) is 4.97. The van der Waals surface area contributed by atoms with Gasteiger partial charge in [0.05, 0.1) is 23.9 Å². The van der Waals surface area contributed by atoms with E-state index in [0.717, 1.165) is 12.8 Å². The Labute approximate surface area is 149 Å². The number of alkyl halides is 1. The third kappa shape index (κ3) is 4.49. The molecule has 1 amide bonds. The van der Waals surface area contributed by atoms with Crippen LogP contribution in [0.2, 0.25) is 0 Å². The number of nitrogens with zero attached hydrogens (tertiary/aromatic N) is 3. The lowest BCUT2D eigenvalue weighted by molar-refractivity contribution is -0.133. The Morgan fingerprint density at radius 1 is 1.40 bits per heavy atom. The Balaban J connectivity index is 1.97. The van der Waals surface area contributed by atoms with Crippen LogP contribution in [0.4, 0.5) is 4.39 Å². The fourth-order valence-electron chi connectivity index (χ4n) is 3.57. The molecule has 0 spiro atoms. The van der Waals surface area contributed by atoms with Crippen molar-refractivity contribution in [1.29, 1.82) is 5.26 Å². The first-order chi connectivity index (χ1) is 11.7. The van der Waals surface area contributed by atoms with Crippen molar-refractivity contribution in [2.24, 2.45) is 11.7 Å². The Kier molecular flexibility index (Phi) is 6.40. The molecule has 0 aliphatic carbocycles. The average Bonchev–Trinajstić information content (AvgIpc) is 2.95. The Morgan fingerprint density at radius 2 is 2.08 bits per heavy atom. The summed E-state index contributed by atoms with van der Waals surface area (Å²) in [4.78, 5) is 13.7. The molecule has 2 heterocycles. The molecule has 0 bridgehead atoms. The predicted molar refractivity (Wildman–Crippen MR) is 91.6 cm³/mol. The lowest BCUT2D eigenvalue weighted by atomic mass is 9.92.